The summed E-state index contributed by atoms with van der Waals surface area (Å²) in [4.78, 5) is 0. The first-order valence-electron chi connectivity index (χ1n) is 5.52. The van der Waals surface area contributed by atoms with Crippen LogP contribution in [0.15, 0.2) is 0 Å². The van der Waals surface area contributed by atoms with Crippen LogP contribution >= 0.6 is 15.9 Å². The molecule has 0 heterocycles. The molecule has 0 aromatic heterocycles. The molecule has 0 aromatic carbocycles. The Bertz CT molecular complexity index is 224. The molecule has 0 aliphatic heterocycles. The van der Waals surface area contributed by atoms with Gasteiger partial charge in [0.2, 0.25) is 0 Å². The van der Waals surface area contributed by atoms with Gasteiger partial charge in [0.15, 0.2) is 0 Å². The van der Waals surface area contributed by atoms with Gasteiger partial charge in [0.25, 0.3) is 0 Å². The Labute approximate surface area is 88.6 Å². The maximum Gasteiger partial charge on any atom is 0.0269 e. The highest BCUT2D eigenvalue weighted by molar-refractivity contribution is 9.10. The van der Waals surface area contributed by atoms with Gasteiger partial charge in [-0.05, 0) is 62.3 Å². The molecule has 2 heteroatoms. The van der Waals surface area contributed by atoms with E-state index in [1.807, 2.05) is 0 Å². The summed E-state index contributed by atoms with van der Waals surface area (Å²) in [6.07, 6.45) is 8.54. The Morgan fingerprint density at radius 1 is 1.15 bits per heavy atom. The Balaban J connectivity index is 1.95. The highest BCUT2D eigenvalue weighted by atomic mass is 79.9. The summed E-state index contributed by atoms with van der Waals surface area (Å²) in [7, 11) is 0. The molecule has 4 fully saturated rings. The molecule has 0 saturated heterocycles. The first-order valence-corrected chi connectivity index (χ1v) is 6.31. The molecule has 0 radical (unpaired) electrons. The molecule has 13 heavy (non-hydrogen) atoms. The molecule has 1 nitrogen and oxygen atoms in total. The third-order valence-electron chi connectivity index (χ3n) is 4.54. The fourth-order valence-corrected chi connectivity index (χ4v) is 6.09. The molecule has 4 atom stereocenters. The van der Waals surface area contributed by atoms with Crippen LogP contribution in [0.3, 0.4) is 0 Å². The lowest BCUT2D eigenvalue weighted by atomic mass is 9.49. The Hall–Kier alpha value is 0.440. The minimum atomic E-state index is 0.496. The van der Waals surface area contributed by atoms with E-state index in [0.717, 1.165) is 18.4 Å². The highest BCUT2D eigenvalue weighted by Gasteiger charge is 2.55. The summed E-state index contributed by atoms with van der Waals surface area (Å²) in [6.45, 7) is 0.924. The fraction of sp³-hybridized carbons (Fsp3) is 1.00. The van der Waals surface area contributed by atoms with Crippen molar-refractivity contribution in [3.63, 3.8) is 0 Å². The normalized spacial score (nSPS) is 58.6. The zero-order valence-corrected chi connectivity index (χ0v) is 9.65. The minimum Gasteiger partial charge on any atom is -0.330 e. The summed E-state index contributed by atoms with van der Waals surface area (Å²) < 4.78 is 0.496. The maximum atomic E-state index is 5.97. The minimum absolute atomic E-state index is 0.496. The third-order valence-corrected chi connectivity index (χ3v) is 5.47. The van der Waals surface area contributed by atoms with E-state index in [-0.39, 0.29) is 0 Å². The molecule has 4 aliphatic rings. The van der Waals surface area contributed by atoms with Crippen molar-refractivity contribution in [1.29, 1.82) is 0 Å². The van der Waals surface area contributed by atoms with Gasteiger partial charge in [-0.1, -0.05) is 15.9 Å². The van der Waals surface area contributed by atoms with Crippen molar-refractivity contribution in [2.75, 3.05) is 6.54 Å². The summed E-state index contributed by atoms with van der Waals surface area (Å²) >= 11 is 3.98. The number of hydrogen-bond donors (Lipinski definition) is 1. The molecular weight excluding hydrogens is 226 g/mol. The van der Waals surface area contributed by atoms with E-state index in [2.05, 4.69) is 15.9 Å². The lowest BCUT2D eigenvalue weighted by Gasteiger charge is -2.60. The number of nitrogens with two attached hydrogens (primary N) is 1. The maximum absolute atomic E-state index is 5.97. The fourth-order valence-electron chi connectivity index (χ4n) is 4.57. The average Bonchev–Trinajstić information content (AvgIpc) is 1.99. The van der Waals surface area contributed by atoms with Crippen LogP contribution in [0.25, 0.3) is 0 Å². The molecule has 4 bridgehead atoms. The molecule has 74 valence electrons. The topological polar surface area (TPSA) is 26.0 Å². The van der Waals surface area contributed by atoms with E-state index in [1.165, 1.54) is 38.5 Å². The second-order valence-corrected chi connectivity index (χ2v) is 7.50. The van der Waals surface area contributed by atoms with Crippen molar-refractivity contribution < 1.29 is 0 Å². The molecule has 0 amide bonds. The second kappa shape index (κ2) is 2.52. The van der Waals surface area contributed by atoms with Gasteiger partial charge < -0.3 is 5.73 Å². The molecule has 0 spiro atoms. The first kappa shape index (κ1) is 8.72. The Morgan fingerprint density at radius 3 is 2.23 bits per heavy atom. The standard InChI is InChI=1S/C11H18BrN/c12-11-4-8-1-9(5-11)3-10(2-8,6-11)7-13/h8-9H,1-7,13H2/t8-,9+,10?,11?. The first-order chi connectivity index (χ1) is 6.13. The monoisotopic (exact) mass is 243 g/mol. The molecule has 4 aliphatic carbocycles. The predicted molar refractivity (Wildman–Crippen MR) is 57.8 cm³/mol. The van der Waals surface area contributed by atoms with Gasteiger partial charge >= 0.3 is 0 Å². The second-order valence-electron chi connectivity index (χ2n) is 5.82. The Kier molecular flexibility index (Phi) is 1.69. The van der Waals surface area contributed by atoms with Gasteiger partial charge in [0.05, 0.1) is 0 Å². The Morgan fingerprint density at radius 2 is 1.77 bits per heavy atom. The van der Waals surface area contributed by atoms with Crippen LogP contribution in [-0.2, 0) is 0 Å². The predicted octanol–water partition coefficient (Wildman–Crippen LogP) is 2.68. The van der Waals surface area contributed by atoms with Gasteiger partial charge in [-0.15, -0.1) is 0 Å². The number of alkyl halides is 1. The summed E-state index contributed by atoms with van der Waals surface area (Å²) in [5, 5.41) is 0. The number of halogens is 1. The van der Waals surface area contributed by atoms with Crippen LogP contribution in [0.5, 0.6) is 0 Å². The molecule has 2 N–H and O–H groups in total. The van der Waals surface area contributed by atoms with Crippen LogP contribution in [0, 0.1) is 17.3 Å². The lowest BCUT2D eigenvalue weighted by molar-refractivity contribution is -0.0288. The van der Waals surface area contributed by atoms with Gasteiger partial charge in [-0.25, -0.2) is 0 Å². The summed E-state index contributed by atoms with van der Waals surface area (Å²) in [5.41, 5.74) is 6.50. The van der Waals surface area contributed by atoms with Crippen molar-refractivity contribution in [2.45, 2.75) is 42.8 Å². The third kappa shape index (κ3) is 1.21. The SMILES string of the molecule is NCC12C[C@@H]3C[C@@H](CC(Br)(C3)C1)C2. The average molecular weight is 244 g/mol. The van der Waals surface area contributed by atoms with Crippen molar-refractivity contribution in [3.05, 3.63) is 0 Å². The van der Waals surface area contributed by atoms with E-state index in [9.17, 15) is 0 Å². The zero-order valence-electron chi connectivity index (χ0n) is 8.06. The largest absolute Gasteiger partial charge is 0.330 e. The van der Waals surface area contributed by atoms with E-state index in [4.69, 9.17) is 5.73 Å². The zero-order chi connectivity index (χ0) is 9.10. The molecule has 0 aromatic rings. The summed E-state index contributed by atoms with van der Waals surface area (Å²) in [6, 6.07) is 0. The molecular formula is C11H18BrN. The van der Waals surface area contributed by atoms with E-state index >= 15 is 0 Å². The van der Waals surface area contributed by atoms with Gasteiger partial charge in [-0.2, -0.15) is 0 Å². The van der Waals surface area contributed by atoms with E-state index < -0.39 is 0 Å². The van der Waals surface area contributed by atoms with Crippen LogP contribution < -0.4 is 5.73 Å². The van der Waals surface area contributed by atoms with Crippen molar-refractivity contribution in [3.8, 4) is 0 Å². The van der Waals surface area contributed by atoms with Gasteiger partial charge in [0.1, 0.15) is 0 Å². The lowest BCUT2D eigenvalue weighted by Crippen LogP contribution is -2.55. The van der Waals surface area contributed by atoms with Crippen LogP contribution in [0.4, 0.5) is 0 Å². The van der Waals surface area contributed by atoms with Gasteiger partial charge in [0, 0.05) is 4.32 Å². The van der Waals surface area contributed by atoms with Crippen LogP contribution in [0.1, 0.15) is 38.5 Å². The van der Waals surface area contributed by atoms with Crippen LogP contribution in [0.2, 0.25) is 0 Å². The van der Waals surface area contributed by atoms with Crippen molar-refractivity contribution >= 4 is 15.9 Å². The summed E-state index contributed by atoms with van der Waals surface area (Å²) in [5.74, 6) is 1.98. The quantitative estimate of drug-likeness (QED) is 0.705. The van der Waals surface area contributed by atoms with Crippen molar-refractivity contribution in [1.82, 2.24) is 0 Å². The molecule has 4 saturated carbocycles. The molecule has 2 unspecified atom stereocenters. The number of rotatable bonds is 1. The highest BCUT2D eigenvalue weighted by Crippen LogP contribution is 2.63. The smallest absolute Gasteiger partial charge is 0.0269 e. The van der Waals surface area contributed by atoms with E-state index in [1.54, 1.807) is 0 Å². The van der Waals surface area contributed by atoms with Gasteiger partial charge in [-0.3, -0.25) is 0 Å². The molecule has 4 rings (SSSR count). The van der Waals surface area contributed by atoms with Crippen LogP contribution in [-0.4, -0.2) is 10.9 Å². The number of hydrogen-bond acceptors (Lipinski definition) is 1. The van der Waals surface area contributed by atoms with Crippen molar-refractivity contribution in [2.24, 2.45) is 23.0 Å². The van der Waals surface area contributed by atoms with E-state index in [0.29, 0.717) is 9.74 Å².